The molecule has 2 aromatic carbocycles. The predicted octanol–water partition coefficient (Wildman–Crippen LogP) is 3.86. The fourth-order valence-corrected chi connectivity index (χ4v) is 4.66. The lowest BCUT2D eigenvalue weighted by atomic mass is 10.1. The number of carbonyl (C=O) groups excluding carboxylic acids is 1. The fraction of sp³-hybridized carbons (Fsp3) is 0.182. The molecule has 1 unspecified atom stereocenters. The van der Waals surface area contributed by atoms with Crippen molar-refractivity contribution < 1.29 is 13.2 Å². The zero-order valence-corrected chi connectivity index (χ0v) is 16.5. The van der Waals surface area contributed by atoms with Crippen LogP contribution >= 0.6 is 0 Å². The second-order valence-electron chi connectivity index (χ2n) is 6.93. The van der Waals surface area contributed by atoms with Crippen LogP contribution in [0.15, 0.2) is 84.0 Å². The van der Waals surface area contributed by atoms with Gasteiger partial charge in [0.15, 0.2) is 0 Å². The molecule has 1 N–H and O–H groups in total. The molecule has 0 spiro atoms. The predicted molar refractivity (Wildman–Crippen MR) is 111 cm³/mol. The Hall–Kier alpha value is -3.19. The number of carbonyl (C=O) groups is 1. The van der Waals surface area contributed by atoms with Gasteiger partial charge in [0, 0.05) is 30.2 Å². The van der Waals surface area contributed by atoms with E-state index in [4.69, 9.17) is 0 Å². The van der Waals surface area contributed by atoms with Gasteiger partial charge >= 0.3 is 0 Å². The molecule has 1 aromatic heterocycles. The number of pyridine rings is 1. The molecule has 1 saturated heterocycles. The highest BCUT2D eigenvalue weighted by atomic mass is 32.2. The summed E-state index contributed by atoms with van der Waals surface area (Å²) in [7, 11) is -3.71. The summed E-state index contributed by atoms with van der Waals surface area (Å²) in [4.78, 5) is 19.0. The number of sulfonamides is 1. The molecule has 7 heteroatoms. The number of benzene rings is 2. The third kappa shape index (κ3) is 4.14. The van der Waals surface area contributed by atoms with Crippen LogP contribution in [0.3, 0.4) is 0 Å². The first kappa shape index (κ1) is 19.1. The van der Waals surface area contributed by atoms with Gasteiger partial charge < -0.3 is 4.90 Å². The molecule has 4 rings (SSSR count). The molecular formula is C22H21N3O3S. The number of nitrogens with one attached hydrogen (secondary N) is 1. The summed E-state index contributed by atoms with van der Waals surface area (Å²) in [6.07, 6.45) is 5.31. The molecule has 1 fully saturated rings. The van der Waals surface area contributed by atoms with Crippen LogP contribution < -0.4 is 4.72 Å². The van der Waals surface area contributed by atoms with E-state index in [0.717, 1.165) is 18.4 Å². The molecule has 1 atom stereocenters. The maximum Gasteiger partial charge on any atom is 0.261 e. The first-order chi connectivity index (χ1) is 14.0. The van der Waals surface area contributed by atoms with Gasteiger partial charge in [0.2, 0.25) is 0 Å². The van der Waals surface area contributed by atoms with E-state index in [0.29, 0.717) is 17.8 Å². The molecule has 0 aliphatic carbocycles. The summed E-state index contributed by atoms with van der Waals surface area (Å²) >= 11 is 0. The van der Waals surface area contributed by atoms with Crippen molar-refractivity contribution in [2.24, 2.45) is 0 Å². The molecule has 0 radical (unpaired) electrons. The van der Waals surface area contributed by atoms with Crippen molar-refractivity contribution in [3.8, 4) is 0 Å². The van der Waals surface area contributed by atoms with Crippen molar-refractivity contribution in [2.45, 2.75) is 23.8 Å². The molecule has 0 saturated carbocycles. The Morgan fingerprint density at radius 3 is 2.34 bits per heavy atom. The van der Waals surface area contributed by atoms with E-state index in [-0.39, 0.29) is 16.8 Å². The van der Waals surface area contributed by atoms with Gasteiger partial charge in [0.1, 0.15) is 0 Å². The van der Waals surface area contributed by atoms with Crippen LogP contribution in [0.2, 0.25) is 0 Å². The van der Waals surface area contributed by atoms with Crippen LogP contribution in [0.5, 0.6) is 0 Å². The van der Waals surface area contributed by atoms with Gasteiger partial charge in [-0.1, -0.05) is 18.2 Å². The Bertz CT molecular complexity index is 1090. The van der Waals surface area contributed by atoms with E-state index in [2.05, 4.69) is 9.71 Å². The highest BCUT2D eigenvalue weighted by Gasteiger charge is 2.30. The van der Waals surface area contributed by atoms with Crippen molar-refractivity contribution in [2.75, 3.05) is 11.3 Å². The Labute approximate surface area is 170 Å². The number of amides is 1. The smallest absolute Gasteiger partial charge is 0.261 e. The molecule has 1 aliphatic heterocycles. The monoisotopic (exact) mass is 407 g/mol. The Kier molecular flexibility index (Phi) is 5.31. The van der Waals surface area contributed by atoms with Gasteiger partial charge in [-0.05, 0) is 66.9 Å². The van der Waals surface area contributed by atoms with Crippen molar-refractivity contribution in [1.29, 1.82) is 0 Å². The lowest BCUT2D eigenvalue weighted by Gasteiger charge is -2.25. The first-order valence-electron chi connectivity index (χ1n) is 9.43. The fourth-order valence-electron chi connectivity index (χ4n) is 3.60. The van der Waals surface area contributed by atoms with Crippen LogP contribution in [0.25, 0.3) is 0 Å². The highest BCUT2D eigenvalue weighted by Crippen LogP contribution is 2.33. The zero-order chi connectivity index (χ0) is 20.3. The van der Waals surface area contributed by atoms with Crippen LogP contribution in [0.4, 0.5) is 5.69 Å². The van der Waals surface area contributed by atoms with Crippen molar-refractivity contribution >= 4 is 21.6 Å². The summed E-state index contributed by atoms with van der Waals surface area (Å²) in [5.74, 6) is -0.0933. The minimum atomic E-state index is -3.71. The average Bonchev–Trinajstić information content (AvgIpc) is 3.24. The number of nitrogens with zero attached hydrogens (tertiary/aromatic N) is 2. The molecule has 1 aliphatic rings. The number of rotatable bonds is 5. The number of para-hydroxylation sites is 1. The summed E-state index contributed by atoms with van der Waals surface area (Å²) in [6.45, 7) is 0.682. The molecule has 3 aromatic rings. The first-order valence-corrected chi connectivity index (χ1v) is 10.9. The molecule has 148 valence electrons. The summed E-state index contributed by atoms with van der Waals surface area (Å²) in [5, 5.41) is 0. The topological polar surface area (TPSA) is 79.4 Å². The van der Waals surface area contributed by atoms with Crippen LogP contribution in [-0.2, 0) is 10.0 Å². The second-order valence-corrected chi connectivity index (χ2v) is 8.62. The molecule has 0 bridgehead atoms. The highest BCUT2D eigenvalue weighted by molar-refractivity contribution is 7.92. The number of hydrogen-bond acceptors (Lipinski definition) is 4. The van der Waals surface area contributed by atoms with Crippen molar-refractivity contribution in [3.05, 3.63) is 90.3 Å². The van der Waals surface area contributed by atoms with Gasteiger partial charge in [-0.3, -0.25) is 14.5 Å². The largest absolute Gasteiger partial charge is 0.332 e. The third-order valence-corrected chi connectivity index (χ3v) is 6.44. The van der Waals surface area contributed by atoms with Gasteiger partial charge in [-0.2, -0.15) is 0 Å². The van der Waals surface area contributed by atoms with E-state index in [1.165, 1.54) is 12.1 Å². The SMILES string of the molecule is O=C(c1ccc(S(=O)(=O)Nc2ccccc2)cc1)N1CCCC1c1ccncc1. The van der Waals surface area contributed by atoms with Gasteiger partial charge in [0.05, 0.1) is 10.9 Å². The van der Waals surface area contributed by atoms with Crippen molar-refractivity contribution in [3.63, 3.8) is 0 Å². The van der Waals surface area contributed by atoms with Crippen molar-refractivity contribution in [1.82, 2.24) is 9.88 Å². The molecule has 2 heterocycles. The minimum Gasteiger partial charge on any atom is -0.332 e. The number of anilines is 1. The van der Waals surface area contributed by atoms with Crippen LogP contribution in [0, 0.1) is 0 Å². The molecule has 6 nitrogen and oxygen atoms in total. The van der Waals surface area contributed by atoms with E-state index >= 15 is 0 Å². The Balaban J connectivity index is 1.52. The van der Waals surface area contributed by atoms with E-state index < -0.39 is 10.0 Å². The summed E-state index contributed by atoms with van der Waals surface area (Å²) in [6, 6.07) is 18.7. The minimum absolute atomic E-state index is 0.0219. The lowest BCUT2D eigenvalue weighted by molar-refractivity contribution is 0.0735. The normalized spacial score (nSPS) is 16.6. The maximum absolute atomic E-state index is 13.0. The lowest BCUT2D eigenvalue weighted by Crippen LogP contribution is -2.30. The summed E-state index contributed by atoms with van der Waals surface area (Å²) < 4.78 is 27.7. The van der Waals surface area contributed by atoms with E-state index in [1.807, 2.05) is 23.1 Å². The number of likely N-dealkylation sites (tertiary alicyclic amines) is 1. The summed E-state index contributed by atoms with van der Waals surface area (Å²) in [5.41, 5.74) is 2.03. The van der Waals surface area contributed by atoms with Crippen LogP contribution in [-0.4, -0.2) is 30.8 Å². The maximum atomic E-state index is 13.0. The van der Waals surface area contributed by atoms with Gasteiger partial charge in [-0.15, -0.1) is 0 Å². The molecule has 1 amide bonds. The standard InChI is InChI=1S/C22H21N3O3S/c26-22(25-16-4-7-21(25)17-12-14-23-15-13-17)18-8-10-20(11-9-18)29(27,28)24-19-5-2-1-3-6-19/h1-3,5-6,8-15,21,24H,4,7,16H2. The van der Waals surface area contributed by atoms with E-state index in [1.54, 1.807) is 48.8 Å². The van der Waals surface area contributed by atoms with Gasteiger partial charge in [-0.25, -0.2) is 8.42 Å². The quantitative estimate of drug-likeness (QED) is 0.697. The Morgan fingerprint density at radius 2 is 1.66 bits per heavy atom. The van der Waals surface area contributed by atoms with Crippen LogP contribution in [0.1, 0.15) is 34.8 Å². The Morgan fingerprint density at radius 1 is 0.966 bits per heavy atom. The van der Waals surface area contributed by atoms with Gasteiger partial charge in [0.25, 0.3) is 15.9 Å². The zero-order valence-electron chi connectivity index (χ0n) is 15.7. The third-order valence-electron chi connectivity index (χ3n) is 5.04. The number of aromatic nitrogens is 1. The van der Waals surface area contributed by atoms with E-state index in [9.17, 15) is 13.2 Å². The molecular weight excluding hydrogens is 386 g/mol. The number of hydrogen-bond donors (Lipinski definition) is 1. The second kappa shape index (κ2) is 8.05. The average molecular weight is 407 g/mol. The molecule has 29 heavy (non-hydrogen) atoms.